The summed E-state index contributed by atoms with van der Waals surface area (Å²) in [7, 11) is 0. The summed E-state index contributed by atoms with van der Waals surface area (Å²) in [5.41, 5.74) is -0.102. The molecule has 0 amide bonds. The maximum Gasteiger partial charge on any atom is 0.356 e. The van der Waals surface area contributed by atoms with Gasteiger partial charge in [-0.1, -0.05) is 50.6 Å². The summed E-state index contributed by atoms with van der Waals surface area (Å²) in [5, 5.41) is 12.2. The summed E-state index contributed by atoms with van der Waals surface area (Å²) < 4.78 is 0. The van der Waals surface area contributed by atoms with E-state index >= 15 is 0 Å². The molecule has 0 aromatic carbocycles. The quantitative estimate of drug-likeness (QED) is 0.667. The zero-order valence-corrected chi connectivity index (χ0v) is 12.0. The lowest BCUT2D eigenvalue weighted by Crippen LogP contribution is -2.07. The van der Waals surface area contributed by atoms with E-state index in [2.05, 4.69) is 17.2 Å². The highest BCUT2D eigenvalue weighted by atomic mass is 35.5. The fraction of sp³-hybridized carbons (Fsp3) is 0.571. The molecule has 19 heavy (non-hydrogen) atoms. The van der Waals surface area contributed by atoms with Crippen molar-refractivity contribution >= 4 is 23.4 Å². The summed E-state index contributed by atoms with van der Waals surface area (Å²) in [6.07, 6.45) is 7.35. The number of rotatable bonds is 9. The molecule has 0 aliphatic heterocycles. The molecule has 0 saturated carbocycles. The minimum Gasteiger partial charge on any atom is -0.476 e. The first-order valence-corrected chi connectivity index (χ1v) is 7.16. The predicted octanol–water partition coefficient (Wildman–Crippen LogP) is 4.21. The third-order valence-electron chi connectivity index (χ3n) is 2.89. The van der Waals surface area contributed by atoms with Gasteiger partial charge in [0.1, 0.15) is 5.82 Å². The molecule has 0 saturated heterocycles. The number of nitrogens with one attached hydrogen (secondary N) is 1. The molecule has 1 aromatic rings. The fourth-order valence-corrected chi connectivity index (χ4v) is 2.00. The topological polar surface area (TPSA) is 62.2 Å². The predicted molar refractivity (Wildman–Crippen MR) is 78.1 cm³/mol. The van der Waals surface area contributed by atoms with Gasteiger partial charge in [0.2, 0.25) is 0 Å². The first-order valence-electron chi connectivity index (χ1n) is 6.79. The van der Waals surface area contributed by atoms with Gasteiger partial charge in [-0.2, -0.15) is 0 Å². The van der Waals surface area contributed by atoms with E-state index in [9.17, 15) is 4.79 Å². The van der Waals surface area contributed by atoms with Crippen LogP contribution in [0.25, 0.3) is 0 Å². The molecule has 5 heteroatoms. The highest BCUT2D eigenvalue weighted by molar-refractivity contribution is 6.33. The van der Waals surface area contributed by atoms with Crippen LogP contribution in [0.2, 0.25) is 5.02 Å². The molecule has 0 bridgehead atoms. The molecular formula is C14H21ClN2O2. The molecule has 0 atom stereocenters. The van der Waals surface area contributed by atoms with Crippen molar-refractivity contribution < 1.29 is 9.90 Å². The third kappa shape index (κ3) is 5.92. The Morgan fingerprint density at radius 2 is 1.95 bits per heavy atom. The van der Waals surface area contributed by atoms with E-state index in [1.807, 2.05) is 0 Å². The van der Waals surface area contributed by atoms with Crippen LogP contribution in [0.3, 0.4) is 0 Å². The standard InChI is InChI=1S/C14H21ClN2O2/c1-2-3-4-5-6-7-10-16-12-9-8-11(15)13(17-12)14(18)19/h8-9H,2-7,10H2,1H3,(H,16,17)(H,18,19). The number of hydrogen-bond donors (Lipinski definition) is 2. The first-order chi connectivity index (χ1) is 9.15. The summed E-state index contributed by atoms with van der Waals surface area (Å²) in [4.78, 5) is 14.9. The second kappa shape index (κ2) is 8.75. The maximum absolute atomic E-state index is 10.9. The van der Waals surface area contributed by atoms with Gasteiger partial charge in [-0.15, -0.1) is 0 Å². The zero-order valence-electron chi connectivity index (χ0n) is 11.3. The molecule has 106 valence electrons. The monoisotopic (exact) mass is 284 g/mol. The number of aromatic carboxylic acids is 1. The summed E-state index contributed by atoms with van der Waals surface area (Å²) in [6.45, 7) is 3.01. The molecule has 1 aromatic heterocycles. The third-order valence-corrected chi connectivity index (χ3v) is 3.19. The van der Waals surface area contributed by atoms with Crippen LogP contribution in [-0.4, -0.2) is 22.6 Å². The number of carboxylic acid groups (broad SMARTS) is 1. The number of nitrogens with zero attached hydrogens (tertiary/aromatic N) is 1. The van der Waals surface area contributed by atoms with Crippen molar-refractivity contribution in [1.29, 1.82) is 0 Å². The van der Waals surface area contributed by atoms with Crippen molar-refractivity contribution in [3.05, 3.63) is 22.8 Å². The highest BCUT2D eigenvalue weighted by Gasteiger charge is 2.10. The molecule has 0 radical (unpaired) electrons. The minimum atomic E-state index is -1.10. The second-order valence-electron chi connectivity index (χ2n) is 4.53. The minimum absolute atomic E-state index is 0.102. The Kier molecular flexibility index (Phi) is 7.26. The lowest BCUT2D eigenvalue weighted by molar-refractivity contribution is 0.0691. The van der Waals surface area contributed by atoms with Crippen LogP contribution < -0.4 is 5.32 Å². The number of anilines is 1. The molecule has 0 fully saturated rings. The number of halogens is 1. The van der Waals surface area contributed by atoms with Gasteiger partial charge in [0.05, 0.1) is 5.02 Å². The van der Waals surface area contributed by atoms with Crippen LogP contribution in [0.15, 0.2) is 12.1 Å². The van der Waals surface area contributed by atoms with Crippen molar-refractivity contribution in [3.8, 4) is 0 Å². The van der Waals surface area contributed by atoms with Crippen LogP contribution in [0.4, 0.5) is 5.82 Å². The van der Waals surface area contributed by atoms with Gasteiger partial charge >= 0.3 is 5.97 Å². The average molecular weight is 285 g/mol. The van der Waals surface area contributed by atoms with Crippen LogP contribution in [-0.2, 0) is 0 Å². The summed E-state index contributed by atoms with van der Waals surface area (Å²) >= 11 is 5.75. The Labute approximate surface area is 119 Å². The number of pyridine rings is 1. The van der Waals surface area contributed by atoms with Crippen LogP contribution in [0, 0.1) is 0 Å². The Morgan fingerprint density at radius 1 is 1.26 bits per heavy atom. The zero-order chi connectivity index (χ0) is 14.1. The Hall–Kier alpha value is -1.29. The van der Waals surface area contributed by atoms with Gasteiger partial charge in [0, 0.05) is 6.54 Å². The average Bonchev–Trinajstić information content (AvgIpc) is 2.39. The summed E-state index contributed by atoms with van der Waals surface area (Å²) in [6, 6.07) is 3.26. The molecule has 1 rings (SSSR count). The van der Waals surface area contributed by atoms with Crippen molar-refractivity contribution in [3.63, 3.8) is 0 Å². The fourth-order valence-electron chi connectivity index (χ4n) is 1.81. The van der Waals surface area contributed by atoms with E-state index < -0.39 is 5.97 Å². The Balaban J connectivity index is 2.30. The SMILES string of the molecule is CCCCCCCCNc1ccc(Cl)c(C(=O)O)n1. The number of hydrogen-bond acceptors (Lipinski definition) is 3. The van der Waals surface area contributed by atoms with Crippen molar-refractivity contribution in [2.24, 2.45) is 0 Å². The Bertz CT molecular complexity index is 410. The number of carbonyl (C=O) groups is 1. The molecule has 0 spiro atoms. The number of aromatic nitrogens is 1. The van der Waals surface area contributed by atoms with Gasteiger partial charge in [0.15, 0.2) is 5.69 Å². The lowest BCUT2D eigenvalue weighted by Gasteiger charge is -2.07. The van der Waals surface area contributed by atoms with E-state index in [1.54, 1.807) is 12.1 Å². The van der Waals surface area contributed by atoms with Gasteiger partial charge in [0.25, 0.3) is 0 Å². The first kappa shape index (κ1) is 15.8. The molecule has 0 unspecified atom stereocenters. The van der Waals surface area contributed by atoms with Crippen LogP contribution >= 0.6 is 11.6 Å². The number of carboxylic acids is 1. The van der Waals surface area contributed by atoms with Crippen molar-refractivity contribution in [2.75, 3.05) is 11.9 Å². The molecule has 4 nitrogen and oxygen atoms in total. The normalized spacial score (nSPS) is 10.4. The van der Waals surface area contributed by atoms with Crippen molar-refractivity contribution in [2.45, 2.75) is 45.4 Å². The van der Waals surface area contributed by atoms with Crippen molar-refractivity contribution in [1.82, 2.24) is 4.98 Å². The molecule has 1 heterocycles. The molecule has 0 aliphatic carbocycles. The van der Waals surface area contributed by atoms with E-state index in [4.69, 9.17) is 16.7 Å². The second-order valence-corrected chi connectivity index (χ2v) is 4.93. The highest BCUT2D eigenvalue weighted by Crippen LogP contribution is 2.16. The molecule has 2 N–H and O–H groups in total. The molecular weight excluding hydrogens is 264 g/mol. The smallest absolute Gasteiger partial charge is 0.356 e. The van der Waals surface area contributed by atoms with E-state index in [0.717, 1.165) is 13.0 Å². The molecule has 0 aliphatic rings. The van der Waals surface area contributed by atoms with Gasteiger partial charge in [-0.05, 0) is 18.6 Å². The van der Waals surface area contributed by atoms with Gasteiger partial charge in [-0.3, -0.25) is 0 Å². The van der Waals surface area contributed by atoms with E-state index in [0.29, 0.717) is 5.82 Å². The van der Waals surface area contributed by atoms with E-state index in [-0.39, 0.29) is 10.7 Å². The Morgan fingerprint density at radius 3 is 2.63 bits per heavy atom. The van der Waals surface area contributed by atoms with Gasteiger partial charge in [-0.25, -0.2) is 9.78 Å². The van der Waals surface area contributed by atoms with Crippen LogP contribution in [0.5, 0.6) is 0 Å². The number of unbranched alkanes of at least 4 members (excludes halogenated alkanes) is 5. The largest absolute Gasteiger partial charge is 0.476 e. The van der Waals surface area contributed by atoms with E-state index in [1.165, 1.54) is 32.1 Å². The summed E-state index contributed by atoms with van der Waals surface area (Å²) in [5.74, 6) is -0.538. The van der Waals surface area contributed by atoms with Gasteiger partial charge < -0.3 is 10.4 Å². The maximum atomic E-state index is 10.9. The van der Waals surface area contributed by atoms with Crippen LogP contribution in [0.1, 0.15) is 55.9 Å². The lowest BCUT2D eigenvalue weighted by atomic mass is 10.1.